The van der Waals surface area contributed by atoms with Crippen LogP contribution in [0.5, 0.6) is 0 Å². The topological polar surface area (TPSA) is 104 Å². The standard InChI is InChI=1S/C31H35F8N3O5S2/c1-19-25(4-3-17-48(2,44)45)41(16-14-40-19)27(43)42-15-13-28(49(46,47)23-9-7-22(32)8-10-23)24-11-6-21(18-20(24)5-12-26(28)42)29(33,30(34,35)36)31(37,38)39/h6-11,18-19,25-26,40H,3-5,12-17H2,1-2H3/t19?,25?,26-,28-/m1/s1. The van der Waals surface area contributed by atoms with Gasteiger partial charge >= 0.3 is 24.1 Å². The van der Waals surface area contributed by atoms with Gasteiger partial charge in [0.2, 0.25) is 0 Å². The summed E-state index contributed by atoms with van der Waals surface area (Å²) in [7, 11) is -7.94. The summed E-state index contributed by atoms with van der Waals surface area (Å²) in [5, 5.41) is 3.24. The average Bonchev–Trinajstić information content (AvgIpc) is 3.41. The van der Waals surface area contributed by atoms with Gasteiger partial charge < -0.3 is 15.1 Å². The zero-order chi connectivity index (χ0) is 36.4. The first-order valence-corrected chi connectivity index (χ1v) is 19.1. The Labute approximate surface area is 278 Å². The van der Waals surface area contributed by atoms with Crippen molar-refractivity contribution in [3.63, 3.8) is 0 Å². The number of amides is 2. The third-order valence-corrected chi connectivity index (χ3v) is 13.6. The van der Waals surface area contributed by atoms with Crippen molar-refractivity contribution in [3.8, 4) is 0 Å². The molecule has 18 heteroatoms. The molecular weight excluding hydrogens is 710 g/mol. The molecule has 2 unspecified atom stereocenters. The number of hydrogen-bond acceptors (Lipinski definition) is 6. The number of aryl methyl sites for hydroxylation is 1. The van der Waals surface area contributed by atoms with Crippen LogP contribution < -0.4 is 5.32 Å². The van der Waals surface area contributed by atoms with Gasteiger partial charge in [0, 0.05) is 49.3 Å². The number of alkyl halides is 7. The van der Waals surface area contributed by atoms with E-state index in [9.17, 15) is 52.4 Å². The maximum absolute atomic E-state index is 15.1. The van der Waals surface area contributed by atoms with E-state index in [0.29, 0.717) is 19.0 Å². The number of rotatable bonds is 7. The monoisotopic (exact) mass is 745 g/mol. The highest BCUT2D eigenvalue weighted by Crippen LogP contribution is 2.57. The van der Waals surface area contributed by atoms with E-state index < -0.39 is 71.9 Å². The lowest BCUT2D eigenvalue weighted by atomic mass is 9.77. The molecule has 1 N–H and O–H groups in total. The molecule has 2 aromatic rings. The van der Waals surface area contributed by atoms with Crippen LogP contribution in [-0.4, -0.2) is 94.8 Å². The maximum atomic E-state index is 15.1. The fourth-order valence-corrected chi connectivity index (χ4v) is 10.7. The summed E-state index contributed by atoms with van der Waals surface area (Å²) in [5.41, 5.74) is -7.91. The molecule has 2 aromatic carbocycles. The van der Waals surface area contributed by atoms with Crippen molar-refractivity contribution in [2.24, 2.45) is 0 Å². The molecule has 0 aromatic heterocycles. The van der Waals surface area contributed by atoms with Crippen LogP contribution in [0.4, 0.5) is 39.9 Å². The van der Waals surface area contributed by atoms with E-state index in [0.717, 1.165) is 36.6 Å². The first kappa shape index (κ1) is 37.3. The van der Waals surface area contributed by atoms with Crippen LogP contribution >= 0.6 is 0 Å². The Morgan fingerprint density at radius 3 is 2.16 bits per heavy atom. The predicted octanol–water partition coefficient (Wildman–Crippen LogP) is 5.41. The molecule has 0 saturated carbocycles. The van der Waals surface area contributed by atoms with E-state index in [-0.39, 0.29) is 72.7 Å². The number of piperazine rings is 1. The maximum Gasteiger partial charge on any atom is 0.435 e. The van der Waals surface area contributed by atoms with Crippen molar-refractivity contribution in [1.82, 2.24) is 15.1 Å². The molecule has 8 nitrogen and oxygen atoms in total. The number of hydrogen-bond donors (Lipinski definition) is 1. The molecule has 272 valence electrons. The minimum atomic E-state index is -6.39. The molecule has 2 heterocycles. The molecule has 0 spiro atoms. The molecular formula is C31H35F8N3O5S2. The number of benzene rings is 2. The SMILES string of the molecule is CC1NCCN(C(=O)N2CC[C@@]3(S(=O)(=O)c4ccc(F)cc4)c4ccc(C(F)(C(F)(F)F)C(F)(F)F)cc4CC[C@@H]23)C1CCCS(C)(=O)=O. The van der Waals surface area contributed by atoms with E-state index in [4.69, 9.17) is 0 Å². The van der Waals surface area contributed by atoms with Crippen molar-refractivity contribution in [1.29, 1.82) is 0 Å². The molecule has 2 aliphatic heterocycles. The summed E-state index contributed by atoms with van der Waals surface area (Å²) in [4.78, 5) is 16.8. The Hall–Kier alpha value is -2.99. The van der Waals surface area contributed by atoms with Crippen molar-refractivity contribution in [2.45, 2.75) is 84.8 Å². The lowest BCUT2D eigenvalue weighted by molar-refractivity contribution is -0.348. The number of likely N-dealkylation sites (tertiary alicyclic amines) is 1. The lowest BCUT2D eigenvalue weighted by Gasteiger charge is -2.46. The largest absolute Gasteiger partial charge is 0.435 e. The second kappa shape index (κ2) is 12.7. The van der Waals surface area contributed by atoms with Crippen LogP contribution in [0.2, 0.25) is 0 Å². The number of fused-ring (bicyclic) bond motifs is 3. The summed E-state index contributed by atoms with van der Waals surface area (Å²) in [6.07, 6.45) is -11.9. The highest BCUT2D eigenvalue weighted by molar-refractivity contribution is 7.92. The second-order valence-corrected chi connectivity index (χ2v) is 17.4. The van der Waals surface area contributed by atoms with Gasteiger partial charge in [0.25, 0.3) is 0 Å². The first-order valence-electron chi connectivity index (χ1n) is 15.5. The summed E-state index contributed by atoms with van der Waals surface area (Å²) in [6.45, 7) is 2.22. The zero-order valence-electron chi connectivity index (χ0n) is 26.4. The van der Waals surface area contributed by atoms with E-state index in [1.54, 1.807) is 0 Å². The van der Waals surface area contributed by atoms with Gasteiger partial charge in [-0.1, -0.05) is 18.2 Å². The molecule has 2 amide bonds. The Morgan fingerprint density at radius 2 is 1.57 bits per heavy atom. The number of halogens is 8. The van der Waals surface area contributed by atoms with Gasteiger partial charge in [-0.15, -0.1) is 0 Å². The average molecular weight is 746 g/mol. The Kier molecular flexibility index (Phi) is 9.62. The van der Waals surface area contributed by atoms with Crippen LogP contribution in [0.3, 0.4) is 0 Å². The molecule has 0 radical (unpaired) electrons. The van der Waals surface area contributed by atoms with E-state index >= 15 is 4.39 Å². The second-order valence-electron chi connectivity index (χ2n) is 12.9. The minimum absolute atomic E-state index is 0.120. The summed E-state index contributed by atoms with van der Waals surface area (Å²) < 4.78 is 162. The molecule has 3 aliphatic rings. The molecule has 5 rings (SSSR count). The quantitative estimate of drug-likeness (QED) is 0.301. The third-order valence-electron chi connectivity index (χ3n) is 9.97. The summed E-state index contributed by atoms with van der Waals surface area (Å²) >= 11 is 0. The number of carbonyl (C=O) groups excluding carboxylic acids is 1. The van der Waals surface area contributed by atoms with Crippen LogP contribution in [-0.2, 0) is 36.5 Å². The van der Waals surface area contributed by atoms with E-state index in [2.05, 4.69) is 5.32 Å². The number of nitrogens with zero attached hydrogens (tertiary/aromatic N) is 2. The summed E-state index contributed by atoms with van der Waals surface area (Å²) in [5.74, 6) is -0.885. The van der Waals surface area contributed by atoms with Crippen LogP contribution in [0.25, 0.3) is 0 Å². The van der Waals surface area contributed by atoms with Crippen molar-refractivity contribution in [3.05, 3.63) is 65.0 Å². The molecule has 0 bridgehead atoms. The van der Waals surface area contributed by atoms with Gasteiger partial charge in [-0.2, -0.15) is 26.3 Å². The number of sulfone groups is 2. The smallest absolute Gasteiger partial charge is 0.320 e. The fourth-order valence-electron chi connectivity index (χ4n) is 7.63. The first-order chi connectivity index (χ1) is 22.6. The molecule has 49 heavy (non-hydrogen) atoms. The normalized spacial score (nSPS) is 25.2. The fraction of sp³-hybridized carbons (Fsp3) is 0.581. The Balaban J connectivity index is 1.61. The van der Waals surface area contributed by atoms with Gasteiger partial charge in [0.05, 0.1) is 10.9 Å². The van der Waals surface area contributed by atoms with Crippen LogP contribution in [0.15, 0.2) is 47.4 Å². The predicted molar refractivity (Wildman–Crippen MR) is 162 cm³/mol. The Morgan fingerprint density at radius 1 is 0.939 bits per heavy atom. The summed E-state index contributed by atoms with van der Waals surface area (Å²) in [6, 6.07) is 2.73. The van der Waals surface area contributed by atoms with Gasteiger partial charge in [-0.25, -0.2) is 30.4 Å². The Bertz CT molecular complexity index is 1790. The van der Waals surface area contributed by atoms with Crippen LogP contribution in [0.1, 0.15) is 49.3 Å². The van der Waals surface area contributed by atoms with Crippen molar-refractivity contribution in [2.75, 3.05) is 31.6 Å². The highest BCUT2D eigenvalue weighted by Gasteiger charge is 2.74. The number of urea groups is 1. The molecule has 2 saturated heterocycles. The minimum Gasteiger partial charge on any atom is -0.320 e. The zero-order valence-corrected chi connectivity index (χ0v) is 28.0. The number of nitrogens with one attached hydrogen (secondary N) is 1. The van der Waals surface area contributed by atoms with Gasteiger partial charge in [0.15, 0.2) is 9.84 Å². The van der Waals surface area contributed by atoms with E-state index in [1.165, 1.54) is 9.80 Å². The van der Waals surface area contributed by atoms with Gasteiger partial charge in [-0.3, -0.25) is 0 Å². The van der Waals surface area contributed by atoms with Crippen molar-refractivity contribution < 1.29 is 56.8 Å². The molecule has 2 fully saturated rings. The molecule has 1 aliphatic carbocycles. The van der Waals surface area contributed by atoms with Gasteiger partial charge in [0.1, 0.15) is 20.4 Å². The number of carbonyl (C=O) groups is 1. The molecule has 4 atom stereocenters. The van der Waals surface area contributed by atoms with Crippen LogP contribution in [0, 0.1) is 5.82 Å². The lowest BCUT2D eigenvalue weighted by Crippen LogP contribution is -2.62. The van der Waals surface area contributed by atoms with Crippen molar-refractivity contribution >= 4 is 25.7 Å². The van der Waals surface area contributed by atoms with E-state index in [1.807, 2.05) is 6.92 Å². The highest BCUT2D eigenvalue weighted by atomic mass is 32.2. The van der Waals surface area contributed by atoms with Gasteiger partial charge in [-0.05, 0) is 74.4 Å². The third kappa shape index (κ3) is 6.29.